The molecule has 0 atom stereocenters. The predicted octanol–water partition coefficient (Wildman–Crippen LogP) is 7.65. The van der Waals surface area contributed by atoms with Crippen LogP contribution in [0.5, 0.6) is 0 Å². The molecule has 4 aliphatic heterocycles. The Labute approximate surface area is 339 Å². The fourth-order valence-corrected chi connectivity index (χ4v) is 10.2. The molecule has 0 fully saturated rings. The average molecular weight is 822 g/mol. The third kappa shape index (κ3) is 5.88. The first-order chi connectivity index (χ1) is 28.5. The van der Waals surface area contributed by atoms with Crippen molar-refractivity contribution in [2.75, 3.05) is 0 Å². The van der Waals surface area contributed by atoms with Gasteiger partial charge in [0.1, 0.15) is 0 Å². The van der Waals surface area contributed by atoms with Gasteiger partial charge < -0.3 is 0 Å². The molecule has 0 saturated carbocycles. The van der Waals surface area contributed by atoms with Crippen LogP contribution >= 0.6 is 0 Å². The summed E-state index contributed by atoms with van der Waals surface area (Å²) in [5, 5.41) is 3.92. The molecule has 2 aromatic heterocycles. The van der Waals surface area contributed by atoms with Crippen LogP contribution in [0.2, 0.25) is 0 Å². The molecule has 283 valence electrons. The van der Waals surface area contributed by atoms with E-state index in [0.717, 1.165) is 77.5 Å². The average Bonchev–Trinajstić information content (AvgIpc) is 3.95. The third-order valence-corrected chi connectivity index (χ3v) is 12.9. The zero-order valence-electron chi connectivity index (χ0n) is 30.5. The van der Waals surface area contributed by atoms with Crippen molar-refractivity contribution >= 4 is 66.4 Å². The first-order valence-electron chi connectivity index (χ1n) is 18.6. The first-order valence-corrected chi connectivity index (χ1v) is 21.3. The Hall–Kier alpha value is -6.85. The molecule has 0 radical (unpaired) electrons. The molecule has 58 heavy (non-hydrogen) atoms. The fourth-order valence-electron chi connectivity index (χ4n) is 7.55. The van der Waals surface area contributed by atoms with Gasteiger partial charge in [-0.2, -0.15) is 0 Å². The molecular weight excluding hydrogens is 792 g/mol. The van der Waals surface area contributed by atoms with Gasteiger partial charge in [0.05, 0.1) is 11.5 Å². The topological polar surface area (TPSA) is 118 Å². The Morgan fingerprint density at radius 1 is 0.379 bits per heavy atom. The Bertz CT molecular complexity index is 3170. The van der Waals surface area contributed by atoms with Crippen molar-refractivity contribution in [3.63, 3.8) is 0 Å². The van der Waals surface area contributed by atoms with Gasteiger partial charge >= 0.3 is 239 Å². The van der Waals surface area contributed by atoms with E-state index in [2.05, 4.69) is 55.7 Å². The molecular formula is C46H30CuN8O2S. The summed E-state index contributed by atoms with van der Waals surface area (Å²) in [5.41, 5.74) is 7.00. The van der Waals surface area contributed by atoms with E-state index in [-0.39, 0.29) is 11.5 Å². The van der Waals surface area contributed by atoms with Crippen LogP contribution in [-0.4, -0.2) is 38.9 Å². The molecule has 8 aromatic rings. The number of nitrogens with zero attached hydrogens (tertiary/aromatic N) is 8. The van der Waals surface area contributed by atoms with E-state index in [9.17, 15) is 8.42 Å². The van der Waals surface area contributed by atoms with Crippen LogP contribution in [0, 0.1) is 0 Å². The molecule has 12 heteroatoms. The second kappa shape index (κ2) is 13.7. The minimum absolute atomic E-state index is 0.0999. The normalized spacial score (nSPS) is 17.5. The van der Waals surface area contributed by atoms with Crippen molar-refractivity contribution in [1.29, 1.82) is 0 Å². The van der Waals surface area contributed by atoms with Crippen LogP contribution in [0.4, 0.5) is 11.6 Å². The van der Waals surface area contributed by atoms with E-state index in [0.29, 0.717) is 23.3 Å². The van der Waals surface area contributed by atoms with Crippen LogP contribution in [0.25, 0.3) is 21.5 Å². The van der Waals surface area contributed by atoms with Crippen LogP contribution < -0.4 is 11.0 Å². The molecule has 6 aromatic carbocycles. The van der Waals surface area contributed by atoms with Gasteiger partial charge in [-0.1, -0.05) is 60.7 Å². The van der Waals surface area contributed by atoms with Crippen LogP contribution in [0.3, 0.4) is 0 Å². The molecule has 0 spiro atoms. The van der Waals surface area contributed by atoms with Crippen LogP contribution in [0.15, 0.2) is 188 Å². The summed E-state index contributed by atoms with van der Waals surface area (Å²) in [5.74, 6) is 4.24. The van der Waals surface area contributed by atoms with Crippen LogP contribution in [-0.2, 0) is 36.7 Å². The summed E-state index contributed by atoms with van der Waals surface area (Å²) in [4.78, 5) is 30.8. The number of sulfone groups is 1. The second-order valence-corrected chi connectivity index (χ2v) is 17.1. The van der Waals surface area contributed by atoms with E-state index < -0.39 is 9.84 Å². The maximum absolute atomic E-state index is 12.0. The SMILES string of the molecule is O=S(=O)(Cc1ccccc1)Cc1ccccc1.c1ccc2c(c1)C1=NC/2=N\c2c3ccccc3c3[n]2[Cu][n]2/c(c4ccccc4/c2=N/C2=N\C(=N/3)c3ccccc32)=N\1. The summed E-state index contributed by atoms with van der Waals surface area (Å²) in [6.45, 7) is 0. The summed E-state index contributed by atoms with van der Waals surface area (Å²) in [6.07, 6.45) is 0. The van der Waals surface area contributed by atoms with E-state index in [1.54, 1.807) is 15.4 Å². The van der Waals surface area contributed by atoms with Crippen molar-refractivity contribution in [3.8, 4) is 0 Å². The molecule has 12 rings (SSSR count). The molecule has 0 saturated heterocycles. The van der Waals surface area contributed by atoms with Gasteiger partial charge in [-0.15, -0.1) is 0 Å². The van der Waals surface area contributed by atoms with E-state index in [1.807, 2.05) is 109 Å². The standard InChI is InChI=1S/C32H16N8.C14H14O2S.Cu/c1-2-10-18-17(9-1)25-33-26(18)38-28-21-13-5-6-14-22(21)30(35-28)40-32-24-16-8-7-15-23(24)31(36-32)39-29-20-12-4-3-11-19(20)27(34-29)37-25;15-17(16,11-13-7-3-1-4-8-13)12-14-9-5-2-6-10-14;/h1-16H;1-10H,11-12H2;/q-2;;+2. The summed E-state index contributed by atoms with van der Waals surface area (Å²) >= 11 is 1.62. The van der Waals surface area contributed by atoms with Crippen molar-refractivity contribution in [3.05, 3.63) is 202 Å². The van der Waals surface area contributed by atoms with Gasteiger partial charge in [0.15, 0.2) is 9.84 Å². The van der Waals surface area contributed by atoms with Crippen molar-refractivity contribution in [2.45, 2.75) is 11.5 Å². The van der Waals surface area contributed by atoms with E-state index >= 15 is 0 Å². The summed E-state index contributed by atoms with van der Waals surface area (Å²) in [6, 6.07) is 51.3. The number of aliphatic imine (C=N–C) groups is 4. The zero-order chi connectivity index (χ0) is 38.8. The number of fused-ring (bicyclic) bond motifs is 14. The molecule has 0 aliphatic carbocycles. The number of aromatic nitrogens is 2. The molecule has 6 heterocycles. The Balaban J connectivity index is 0.000000192. The summed E-state index contributed by atoms with van der Waals surface area (Å²) < 4.78 is 28.1. The van der Waals surface area contributed by atoms with Gasteiger partial charge in [0.25, 0.3) is 0 Å². The first kappa shape index (κ1) is 34.4. The van der Waals surface area contributed by atoms with Crippen LogP contribution in [0.1, 0.15) is 33.4 Å². The van der Waals surface area contributed by atoms with Gasteiger partial charge in [0.2, 0.25) is 0 Å². The van der Waals surface area contributed by atoms with Gasteiger partial charge in [-0.05, 0) is 11.1 Å². The van der Waals surface area contributed by atoms with Gasteiger partial charge in [0, 0.05) is 0 Å². The number of hydrogen-bond acceptors (Lipinski definition) is 8. The molecule has 10 nitrogen and oxygen atoms in total. The van der Waals surface area contributed by atoms with Gasteiger partial charge in [-0.25, -0.2) is 8.42 Å². The number of amidine groups is 4. The predicted molar refractivity (Wildman–Crippen MR) is 225 cm³/mol. The van der Waals surface area contributed by atoms with Crippen molar-refractivity contribution < 1.29 is 23.8 Å². The Kier molecular flexibility index (Phi) is 8.11. The Morgan fingerprint density at radius 2 is 0.724 bits per heavy atom. The monoisotopic (exact) mass is 821 g/mol. The molecule has 4 aliphatic rings. The molecule has 0 N–H and O–H groups in total. The number of benzene rings is 6. The van der Waals surface area contributed by atoms with E-state index in [4.69, 9.17) is 30.0 Å². The molecule has 0 unspecified atom stereocenters. The number of rotatable bonds is 4. The quantitative estimate of drug-likeness (QED) is 0.170. The second-order valence-electron chi connectivity index (χ2n) is 14.0. The minimum atomic E-state index is -3.09. The van der Waals surface area contributed by atoms with E-state index in [1.165, 1.54) is 0 Å². The maximum atomic E-state index is 12.0. The van der Waals surface area contributed by atoms with Gasteiger partial charge in [-0.3, -0.25) is 0 Å². The van der Waals surface area contributed by atoms with Crippen molar-refractivity contribution in [2.24, 2.45) is 30.0 Å². The molecule has 6 bridgehead atoms. The molecule has 0 amide bonds. The number of hydrogen-bond donors (Lipinski definition) is 0. The van der Waals surface area contributed by atoms with Crippen molar-refractivity contribution in [1.82, 2.24) is 7.17 Å². The Morgan fingerprint density at radius 3 is 1.14 bits per heavy atom. The third-order valence-electron chi connectivity index (χ3n) is 10.2. The summed E-state index contributed by atoms with van der Waals surface area (Å²) in [7, 11) is -3.09. The fraction of sp³-hybridized carbons (Fsp3) is 0.0435. The zero-order valence-corrected chi connectivity index (χ0v) is 32.3.